The van der Waals surface area contributed by atoms with Crippen LogP contribution in [0.5, 0.6) is 0 Å². The van der Waals surface area contributed by atoms with Gasteiger partial charge in [-0.25, -0.2) is 19.4 Å². The van der Waals surface area contributed by atoms with Crippen molar-refractivity contribution in [2.75, 3.05) is 25.6 Å². The van der Waals surface area contributed by atoms with Gasteiger partial charge in [-0.3, -0.25) is 66.4 Å². The van der Waals surface area contributed by atoms with E-state index < -0.39 is 188 Å². The number of aryl methyl sites for hydroxylation is 3. The van der Waals surface area contributed by atoms with Crippen LogP contribution >= 0.6 is 20.2 Å². The van der Waals surface area contributed by atoms with E-state index in [1.54, 1.807) is 20.8 Å². The normalized spacial score (nSPS) is 36.8. The van der Waals surface area contributed by atoms with E-state index in [1.165, 1.54) is 61.7 Å². The van der Waals surface area contributed by atoms with E-state index in [2.05, 4.69) is 29.9 Å². The van der Waals surface area contributed by atoms with E-state index in [0.29, 0.717) is 6.42 Å². The highest BCUT2D eigenvalue weighted by molar-refractivity contribution is 8.07. The molecule has 5 aromatic heterocycles. The van der Waals surface area contributed by atoms with Crippen molar-refractivity contribution >= 4 is 72.7 Å². The van der Waals surface area contributed by atoms with E-state index >= 15 is 0 Å². The number of hydrogen-bond acceptors (Lipinski definition) is 27. The molecular formula is C47H60N11O24P3S3. The number of aliphatic hydroxyl groups is 1. The molecule has 0 amide bonds. The van der Waals surface area contributed by atoms with Gasteiger partial charge in [0.1, 0.15) is 59.7 Å². The van der Waals surface area contributed by atoms with Gasteiger partial charge >= 0.3 is 37.2 Å². The quantitative estimate of drug-likeness (QED) is 0.0395. The molecule has 0 aromatic carbocycles. The fraction of sp³-hybridized carbons (Fsp3) is 0.638. The summed E-state index contributed by atoms with van der Waals surface area (Å²) in [6, 6.07) is 0. The number of nitrogens with one attached hydrogen (secondary N) is 4. The Morgan fingerprint density at radius 1 is 0.614 bits per heavy atom. The molecule has 7 aliphatic heterocycles. The first kappa shape index (κ1) is 63.6. The largest absolute Gasteiger partial charge is 0.387 e. The molecule has 7 saturated heterocycles. The number of fused-ring (bicyclic) bond motifs is 7. The third kappa shape index (κ3) is 10.8. The number of hydrogen-bond donors (Lipinski definition) is 9. The zero-order valence-corrected chi connectivity index (χ0v) is 52.4. The Morgan fingerprint density at radius 3 is 1.55 bits per heavy atom. The summed E-state index contributed by atoms with van der Waals surface area (Å²) >= 11 is 17.0. The number of rotatable bonds is 20. The number of imidazole rings is 1. The highest BCUT2D eigenvalue weighted by atomic mass is 32.5. The first-order valence-corrected chi connectivity index (χ1v) is 35.1. The minimum Gasteiger partial charge on any atom is -0.387 e. The first-order chi connectivity index (χ1) is 41.3. The zero-order valence-electron chi connectivity index (χ0n) is 47.3. The number of aromatic nitrogens is 10. The molecule has 0 aliphatic carbocycles. The number of anilines is 1. The second kappa shape index (κ2) is 22.6. The molecule has 0 saturated carbocycles. The summed E-state index contributed by atoms with van der Waals surface area (Å²) in [7, 11) is 0. The fourth-order valence-electron chi connectivity index (χ4n) is 12.4. The number of nitrogen functional groups attached to an aromatic ring is 1. The lowest BCUT2D eigenvalue weighted by atomic mass is 9.94. The average Bonchev–Trinajstić information content (AvgIpc) is 1.58. The van der Waals surface area contributed by atoms with Gasteiger partial charge in [0.15, 0.2) is 29.8 Å². The van der Waals surface area contributed by atoms with Crippen molar-refractivity contribution in [2.24, 2.45) is 0 Å². The molecule has 12 rings (SSSR count). The van der Waals surface area contributed by atoms with E-state index in [1.807, 2.05) is 0 Å². The maximum absolute atomic E-state index is 13.5. The number of H-pyrrole nitrogens is 4. The smallest absolute Gasteiger partial charge is 0.330 e. The van der Waals surface area contributed by atoms with Crippen LogP contribution in [0.4, 0.5) is 5.95 Å². The SMILES string of the molecule is CC[C@H]1O[C@@H](n2cc(C)c(=O)[nH]c2=O)CC1OP(O)(=S)OC[C@]12O[C@@H](n3cnc4c(=O)[nH]c(N)nc43)[C@@H](O[C@H]1C)C2OP(O)(=S)OC[C@]12O[C@@H](n3cc(C)c(=O)[nH]c3=O)[C@@H](O[C@H]1C)C2OP(O)(=S)OC[C@]12O[C@@H](n3cc(C)c(=O)[nH]c3=O)[C@@H](O[C@H]1C)C2O. The van der Waals surface area contributed by atoms with Gasteiger partial charge in [0, 0.05) is 41.7 Å². The molecule has 12 heterocycles. The third-order valence-electron chi connectivity index (χ3n) is 17.1. The molecule has 41 heteroatoms. The van der Waals surface area contributed by atoms with Gasteiger partial charge in [-0.1, -0.05) is 6.92 Å². The van der Waals surface area contributed by atoms with Crippen LogP contribution < -0.4 is 45.0 Å². The van der Waals surface area contributed by atoms with Gasteiger partial charge < -0.3 is 76.8 Å². The molecule has 7 aliphatic rings. The average molecular weight is 1350 g/mol. The van der Waals surface area contributed by atoms with Crippen LogP contribution in [0.1, 0.15) is 82.1 Å². The van der Waals surface area contributed by atoms with E-state index in [0.717, 1.165) is 9.13 Å². The Bertz CT molecular complexity index is 4240. The van der Waals surface area contributed by atoms with E-state index in [-0.39, 0.29) is 40.2 Å². The van der Waals surface area contributed by atoms with E-state index in [4.69, 9.17) is 101 Å². The molecule has 21 atom stereocenters. The van der Waals surface area contributed by atoms with Crippen molar-refractivity contribution in [1.82, 2.24) is 48.2 Å². The molecular weight excluding hydrogens is 1290 g/mol. The molecule has 10 N–H and O–H groups in total. The third-order valence-corrected chi connectivity index (χ3v) is 21.7. The standard InChI is InChI=1S/C47H60N11O24P3S3/c1-8-23-24(9-25(76-23)55-10-17(2)34(60)52-42(55)64)80-83(67,86)71-14-47-22(7)75-29(40(79-47)58-16-49-26-33(58)50-41(48)51-37(26)63)32(47)82-85(69,88)72-15-46-21(6)74-28(39(78-46)57-12-19(4)36(62)54-44(57)66)31(46)81-84(68,87)70-13-45-20(5)73-27(30(45)59)38(77-45)56-11-18(3)35(61)53-43(56)65/h10-12,16,20-25,27-32,38-40,59H,8-9,13-15H2,1-7H3,(H,67,86)(H,68,87)(H,69,88)(H,52,60,64)(H,53,61,65)(H,54,62,66)(H3,48,50,51,63)/t20-,21-,22-,23+,24?,25+,27-,28-,29-,30?,31?,32?,38+,39+,40+,45-,46-,47-,83?,84?,85?/m0/s1. The Balaban J connectivity index is 0.822. The Hall–Kier alpha value is -4.54. The van der Waals surface area contributed by atoms with Crippen molar-refractivity contribution in [3.63, 3.8) is 0 Å². The van der Waals surface area contributed by atoms with Crippen LogP contribution in [-0.4, -0.2) is 172 Å². The van der Waals surface area contributed by atoms with Crippen molar-refractivity contribution in [1.29, 1.82) is 0 Å². The molecule has 0 radical (unpaired) electrons. The number of aromatic amines is 4. The number of nitrogens with zero attached hydrogens (tertiary/aromatic N) is 6. The van der Waals surface area contributed by atoms with Gasteiger partial charge in [0.25, 0.3) is 22.2 Å². The molecule has 6 bridgehead atoms. The Morgan fingerprint density at radius 2 is 1.03 bits per heavy atom. The van der Waals surface area contributed by atoms with Gasteiger partial charge in [0.05, 0.1) is 56.7 Å². The van der Waals surface area contributed by atoms with Crippen molar-refractivity contribution in [3.05, 3.63) is 114 Å². The fourth-order valence-corrected chi connectivity index (χ4v) is 16.8. The number of ether oxygens (including phenoxy) is 7. The monoisotopic (exact) mass is 1350 g/mol. The van der Waals surface area contributed by atoms with Crippen molar-refractivity contribution in [3.8, 4) is 0 Å². The van der Waals surface area contributed by atoms with Crippen LogP contribution in [0, 0.1) is 20.8 Å². The topological polar surface area (TPSA) is 455 Å². The second-order valence-corrected chi connectivity index (χ2v) is 30.8. The van der Waals surface area contributed by atoms with Gasteiger partial charge in [0.2, 0.25) is 5.95 Å². The lowest BCUT2D eigenvalue weighted by Gasteiger charge is -2.39. The zero-order chi connectivity index (χ0) is 63.3. The van der Waals surface area contributed by atoms with Crippen molar-refractivity contribution in [2.45, 2.75) is 170 Å². The summed E-state index contributed by atoms with van der Waals surface area (Å²) in [5, 5.41) is 11.6. The molecule has 88 heavy (non-hydrogen) atoms. The summed E-state index contributed by atoms with van der Waals surface area (Å²) in [6.07, 6.45) is -12.9. The predicted octanol–water partition coefficient (Wildman–Crippen LogP) is -1.64. The molecule has 0 spiro atoms. The molecule has 35 nitrogen and oxygen atoms in total. The lowest BCUT2D eigenvalue weighted by Crippen LogP contribution is -2.52. The molecule has 7 unspecified atom stereocenters. The number of nitrogens with two attached hydrogens (primary N) is 1. The summed E-state index contributed by atoms with van der Waals surface area (Å²) < 4.78 is 86.2. The highest BCUT2D eigenvalue weighted by Gasteiger charge is 2.72. The van der Waals surface area contributed by atoms with E-state index in [9.17, 15) is 53.3 Å². The number of aliphatic hydroxyl groups excluding tert-OH is 1. The van der Waals surface area contributed by atoms with Crippen LogP contribution in [0.2, 0.25) is 0 Å². The van der Waals surface area contributed by atoms with Gasteiger partial charge in [-0.2, -0.15) is 4.98 Å². The predicted molar refractivity (Wildman–Crippen MR) is 309 cm³/mol. The maximum Gasteiger partial charge on any atom is 0.330 e. The highest BCUT2D eigenvalue weighted by Crippen LogP contribution is 2.62. The summed E-state index contributed by atoms with van der Waals surface area (Å²) in [6.45, 7) is -5.16. The minimum atomic E-state index is -4.76. The second-order valence-electron chi connectivity index (χ2n) is 22.5. The lowest BCUT2D eigenvalue weighted by molar-refractivity contribution is -0.218. The first-order valence-electron chi connectivity index (χ1n) is 27.3. The molecule has 5 aromatic rings. The van der Waals surface area contributed by atoms with Crippen molar-refractivity contribution < 1.29 is 80.1 Å². The Labute approximate surface area is 508 Å². The summed E-state index contributed by atoms with van der Waals surface area (Å²) in [5.74, 6) is -0.276. The van der Waals surface area contributed by atoms with Gasteiger partial charge in [-0.05, 0) is 83.4 Å². The maximum atomic E-state index is 13.5. The molecule has 7 fully saturated rings. The van der Waals surface area contributed by atoms with Gasteiger partial charge in [-0.15, -0.1) is 0 Å². The van der Waals surface area contributed by atoms with Crippen LogP contribution in [0.15, 0.2) is 58.5 Å². The van der Waals surface area contributed by atoms with Crippen LogP contribution in [-0.2, 0) is 95.7 Å². The summed E-state index contributed by atoms with van der Waals surface area (Å²) in [5.41, 5.74) is -4.62. The van der Waals surface area contributed by atoms with Crippen LogP contribution in [0.3, 0.4) is 0 Å². The minimum absolute atomic E-state index is 0.0129. The Kier molecular flexibility index (Phi) is 16.4. The van der Waals surface area contributed by atoms with Crippen LogP contribution in [0.25, 0.3) is 11.2 Å². The molecule has 480 valence electrons. The summed E-state index contributed by atoms with van der Waals surface area (Å²) in [4.78, 5) is 143.